The predicted octanol–water partition coefficient (Wildman–Crippen LogP) is 4.69. The van der Waals surface area contributed by atoms with Crippen LogP contribution in [0, 0.1) is 18.3 Å². The molecule has 0 aliphatic carbocycles. The van der Waals surface area contributed by atoms with Gasteiger partial charge < -0.3 is 22.8 Å². The van der Waals surface area contributed by atoms with E-state index in [4.69, 9.17) is 28.1 Å². The molecule has 4 unspecified atom stereocenters. The Bertz CT molecular complexity index is 1010. The van der Waals surface area contributed by atoms with Gasteiger partial charge in [0.2, 0.25) is 0 Å². The van der Waals surface area contributed by atoms with Gasteiger partial charge in [-0.2, -0.15) is 5.26 Å². The fourth-order valence-corrected chi connectivity index (χ4v) is 6.68. The first kappa shape index (κ1) is 31.7. The van der Waals surface area contributed by atoms with Gasteiger partial charge in [-0.15, -0.1) is 0 Å². The molecule has 4 atom stereocenters. The van der Waals surface area contributed by atoms with Crippen LogP contribution in [0.4, 0.5) is 0 Å². The fourth-order valence-electron chi connectivity index (χ4n) is 3.86. The minimum atomic E-state index is -1.57. The standard InChI is InChI=1S/C24H40N4O7P2/c1-8-31-36(32-9-2)14-11-20-15-21(23(34-20)27-16-19(7)22(29)26-24(27)30)35-37(33-13-10-12-25)28(17(3)4)18(5)6/h11,14,16-18,20-21,23H,8-10,13,15H2,1-7H3,(H,26,29,30)/b14-11+. The lowest BCUT2D eigenvalue weighted by Crippen LogP contribution is -2.38. The molecule has 0 aromatic carbocycles. The molecular formula is C24H40N4O7P2. The molecule has 1 aliphatic heterocycles. The third kappa shape index (κ3) is 9.35. The van der Waals surface area contributed by atoms with Crippen molar-refractivity contribution in [3.63, 3.8) is 0 Å². The molecule has 1 N–H and O–H groups in total. The summed E-state index contributed by atoms with van der Waals surface area (Å²) in [6.45, 7) is 14.9. The molecule has 13 heteroatoms. The maximum atomic E-state index is 12.8. The largest absolute Gasteiger partial charge is 0.348 e. The van der Waals surface area contributed by atoms with E-state index in [2.05, 4.69) is 43.4 Å². The van der Waals surface area contributed by atoms with Crippen LogP contribution in [-0.2, 0) is 22.8 Å². The highest BCUT2D eigenvalue weighted by molar-refractivity contribution is 7.50. The Hall–Kier alpha value is -1.47. The van der Waals surface area contributed by atoms with E-state index in [1.165, 1.54) is 10.8 Å². The van der Waals surface area contributed by atoms with Gasteiger partial charge in [0.05, 0.1) is 38.4 Å². The lowest BCUT2D eigenvalue weighted by molar-refractivity contribution is -0.0246. The van der Waals surface area contributed by atoms with Crippen LogP contribution < -0.4 is 11.2 Å². The van der Waals surface area contributed by atoms with E-state index in [1.54, 1.807) is 6.92 Å². The molecular weight excluding hydrogens is 518 g/mol. The van der Waals surface area contributed by atoms with Gasteiger partial charge in [0, 0.05) is 30.3 Å². The van der Waals surface area contributed by atoms with Crippen LogP contribution in [0.25, 0.3) is 0 Å². The molecule has 1 fully saturated rings. The average Bonchev–Trinajstić information content (AvgIpc) is 3.22. The molecule has 0 radical (unpaired) electrons. The van der Waals surface area contributed by atoms with E-state index in [-0.39, 0.29) is 31.2 Å². The number of hydrogen-bond donors (Lipinski definition) is 1. The van der Waals surface area contributed by atoms with Crippen LogP contribution in [0.5, 0.6) is 0 Å². The zero-order chi connectivity index (χ0) is 27.5. The van der Waals surface area contributed by atoms with Gasteiger partial charge in [0.15, 0.2) is 14.6 Å². The van der Waals surface area contributed by atoms with Crippen LogP contribution in [0.2, 0.25) is 0 Å². The highest BCUT2D eigenvalue weighted by atomic mass is 31.2. The molecule has 208 valence electrons. The third-order valence-electron chi connectivity index (χ3n) is 5.34. The van der Waals surface area contributed by atoms with Gasteiger partial charge in [-0.25, -0.2) is 9.46 Å². The van der Waals surface area contributed by atoms with Crippen LogP contribution in [0.15, 0.2) is 27.7 Å². The summed E-state index contributed by atoms with van der Waals surface area (Å²) in [7, 11) is -2.78. The van der Waals surface area contributed by atoms with Gasteiger partial charge in [0.1, 0.15) is 6.10 Å². The molecule has 37 heavy (non-hydrogen) atoms. The van der Waals surface area contributed by atoms with Gasteiger partial charge >= 0.3 is 5.69 Å². The Labute approximate surface area is 221 Å². The van der Waals surface area contributed by atoms with E-state index >= 15 is 0 Å². The second kappa shape index (κ2) is 15.8. The van der Waals surface area contributed by atoms with Gasteiger partial charge in [-0.05, 0) is 54.3 Å². The van der Waals surface area contributed by atoms with Crippen molar-refractivity contribution in [1.29, 1.82) is 5.26 Å². The number of rotatable bonds is 15. The summed E-state index contributed by atoms with van der Waals surface area (Å²) in [6, 6.07) is 2.33. The van der Waals surface area contributed by atoms with E-state index in [9.17, 15) is 9.59 Å². The Kier molecular flexibility index (Phi) is 13.6. The zero-order valence-corrected chi connectivity index (χ0v) is 24.5. The summed E-state index contributed by atoms with van der Waals surface area (Å²) in [4.78, 5) is 27.1. The Morgan fingerprint density at radius 2 is 1.86 bits per heavy atom. The average molecular weight is 559 g/mol. The van der Waals surface area contributed by atoms with Crippen molar-refractivity contribution in [2.24, 2.45) is 0 Å². The molecule has 11 nitrogen and oxygen atoms in total. The highest BCUT2D eigenvalue weighted by Gasteiger charge is 2.41. The summed E-state index contributed by atoms with van der Waals surface area (Å²) >= 11 is 0. The van der Waals surface area contributed by atoms with E-state index in [0.29, 0.717) is 25.2 Å². The topological polar surface area (TPSA) is 128 Å². The lowest BCUT2D eigenvalue weighted by atomic mass is 10.2. The molecule has 2 heterocycles. The summed E-state index contributed by atoms with van der Waals surface area (Å²) < 4.78 is 33.7. The van der Waals surface area contributed by atoms with Crippen molar-refractivity contribution in [2.75, 3.05) is 19.8 Å². The number of nitrogens with zero attached hydrogens (tertiary/aromatic N) is 3. The quantitative estimate of drug-likeness (QED) is 0.241. The molecule has 2 rings (SSSR count). The van der Waals surface area contributed by atoms with Crippen LogP contribution in [0.3, 0.4) is 0 Å². The van der Waals surface area contributed by atoms with E-state index < -0.39 is 40.5 Å². The van der Waals surface area contributed by atoms with Crippen molar-refractivity contribution < 1.29 is 22.8 Å². The highest BCUT2D eigenvalue weighted by Crippen LogP contribution is 2.50. The Balaban J connectivity index is 2.41. The van der Waals surface area contributed by atoms with Gasteiger partial charge in [-0.3, -0.25) is 14.3 Å². The predicted molar refractivity (Wildman–Crippen MR) is 144 cm³/mol. The van der Waals surface area contributed by atoms with Crippen LogP contribution in [-0.4, -0.2) is 58.3 Å². The van der Waals surface area contributed by atoms with Crippen LogP contribution >= 0.6 is 16.9 Å². The molecule has 0 bridgehead atoms. The summed E-state index contributed by atoms with van der Waals surface area (Å²) in [6.07, 6.45) is 2.30. The summed E-state index contributed by atoms with van der Waals surface area (Å²) in [5, 5.41) is 9.01. The number of H-pyrrole nitrogens is 1. The maximum Gasteiger partial charge on any atom is 0.330 e. The van der Waals surface area contributed by atoms with E-state index in [0.717, 1.165) is 0 Å². The molecule has 1 aromatic heterocycles. The van der Waals surface area contributed by atoms with Crippen molar-refractivity contribution in [1.82, 2.24) is 14.2 Å². The number of hydrogen-bond acceptors (Lipinski definition) is 9. The molecule has 1 aromatic rings. The zero-order valence-electron chi connectivity index (χ0n) is 22.7. The monoisotopic (exact) mass is 558 g/mol. The Morgan fingerprint density at radius 1 is 1.22 bits per heavy atom. The number of aromatic nitrogens is 2. The SMILES string of the molecule is CCOP(/C=C/C1CC(OP(OCCC#N)N(C(C)C)C(C)C)C(n2cc(C)c(=O)[nH]c2=O)O1)OCC. The molecule has 0 saturated carbocycles. The number of aromatic amines is 1. The summed E-state index contributed by atoms with van der Waals surface area (Å²) in [5.41, 5.74) is -0.639. The van der Waals surface area contributed by atoms with Crippen molar-refractivity contribution in [3.05, 3.63) is 44.5 Å². The molecule has 1 aliphatic rings. The minimum Gasteiger partial charge on any atom is -0.348 e. The first-order valence-electron chi connectivity index (χ1n) is 12.6. The third-order valence-corrected chi connectivity index (χ3v) is 8.94. The van der Waals surface area contributed by atoms with Crippen molar-refractivity contribution in [3.8, 4) is 6.07 Å². The molecule has 1 saturated heterocycles. The second-order valence-electron chi connectivity index (χ2n) is 8.93. The lowest BCUT2D eigenvalue weighted by Gasteiger charge is -2.37. The van der Waals surface area contributed by atoms with Crippen molar-refractivity contribution >= 4 is 16.9 Å². The van der Waals surface area contributed by atoms with Gasteiger partial charge in [0.25, 0.3) is 14.1 Å². The Morgan fingerprint density at radius 3 is 2.43 bits per heavy atom. The second-order valence-corrected chi connectivity index (χ2v) is 11.7. The van der Waals surface area contributed by atoms with E-state index in [1.807, 2.05) is 25.7 Å². The number of aryl methyl sites for hydroxylation is 1. The fraction of sp³-hybridized carbons (Fsp3) is 0.708. The normalized spacial score (nSPS) is 21.1. The molecule has 0 amide bonds. The maximum absolute atomic E-state index is 12.8. The number of nitrogens with one attached hydrogen (secondary N) is 1. The number of nitriles is 1. The molecule has 0 spiro atoms. The van der Waals surface area contributed by atoms with Gasteiger partial charge in [-0.1, -0.05) is 6.08 Å². The van der Waals surface area contributed by atoms with Crippen LogP contribution in [0.1, 0.15) is 66.2 Å². The number of ether oxygens (including phenoxy) is 1. The minimum absolute atomic E-state index is 0.114. The first-order chi connectivity index (χ1) is 17.6. The first-order valence-corrected chi connectivity index (χ1v) is 15.0. The van der Waals surface area contributed by atoms with Crippen molar-refractivity contribution in [2.45, 2.75) is 91.8 Å². The summed E-state index contributed by atoms with van der Waals surface area (Å²) in [5.74, 6) is 1.86. The smallest absolute Gasteiger partial charge is 0.330 e.